The topological polar surface area (TPSA) is 86.8 Å². The molecule has 1 N–H and O–H groups in total. The van der Waals surface area contributed by atoms with Crippen molar-refractivity contribution in [1.29, 1.82) is 0 Å². The van der Waals surface area contributed by atoms with E-state index in [1.807, 2.05) is 44.2 Å². The van der Waals surface area contributed by atoms with Crippen LogP contribution in [0.3, 0.4) is 0 Å². The van der Waals surface area contributed by atoms with Crippen molar-refractivity contribution in [2.45, 2.75) is 38.9 Å². The van der Waals surface area contributed by atoms with Crippen molar-refractivity contribution in [3.8, 4) is 0 Å². The van der Waals surface area contributed by atoms with Gasteiger partial charge in [-0.2, -0.15) is 0 Å². The van der Waals surface area contributed by atoms with E-state index in [1.165, 1.54) is 23.1 Å². The van der Waals surface area contributed by atoms with Crippen LogP contribution in [0.15, 0.2) is 78.9 Å². The summed E-state index contributed by atoms with van der Waals surface area (Å²) >= 11 is 6.18. The van der Waals surface area contributed by atoms with Crippen molar-refractivity contribution in [3.63, 3.8) is 0 Å². The van der Waals surface area contributed by atoms with E-state index in [-0.39, 0.29) is 24.7 Å². The maximum absolute atomic E-state index is 14.6. The van der Waals surface area contributed by atoms with Crippen LogP contribution in [-0.2, 0) is 32.6 Å². The molecule has 3 aromatic rings. The van der Waals surface area contributed by atoms with Gasteiger partial charge < -0.3 is 10.2 Å². The molecule has 10 heteroatoms. The first-order chi connectivity index (χ1) is 18.0. The first kappa shape index (κ1) is 29.1. The summed E-state index contributed by atoms with van der Waals surface area (Å²) in [5, 5.41) is 3.32. The molecular weight excluding hydrogens is 529 g/mol. The lowest BCUT2D eigenvalue weighted by Crippen LogP contribution is -2.54. The fourth-order valence-corrected chi connectivity index (χ4v) is 5.08. The van der Waals surface area contributed by atoms with Crippen molar-refractivity contribution >= 4 is 39.1 Å². The number of para-hydroxylation sites is 1. The maximum Gasteiger partial charge on any atom is 0.244 e. The molecule has 0 bridgehead atoms. The first-order valence-electron chi connectivity index (χ1n) is 12.1. The number of hydrogen-bond acceptors (Lipinski definition) is 4. The number of anilines is 1. The molecule has 0 unspecified atom stereocenters. The number of halogens is 2. The Balaban J connectivity index is 2.07. The SMILES string of the molecule is CC(C)NC(=O)[C@@H](Cc1ccccc1)N(Cc1cccc(Cl)c1)C(=O)CN(c1ccccc1F)S(C)(=O)=O. The summed E-state index contributed by atoms with van der Waals surface area (Å²) in [4.78, 5) is 28.7. The number of amides is 2. The second-order valence-corrected chi connectivity index (χ2v) is 11.6. The van der Waals surface area contributed by atoms with Gasteiger partial charge >= 0.3 is 0 Å². The molecule has 7 nitrogen and oxygen atoms in total. The monoisotopic (exact) mass is 559 g/mol. The summed E-state index contributed by atoms with van der Waals surface area (Å²) in [6.45, 7) is 2.91. The minimum Gasteiger partial charge on any atom is -0.352 e. The number of sulfonamides is 1. The third-order valence-electron chi connectivity index (χ3n) is 5.74. The molecule has 0 aliphatic rings. The first-order valence-corrected chi connectivity index (χ1v) is 14.3. The summed E-state index contributed by atoms with van der Waals surface area (Å²) < 4.78 is 40.7. The van der Waals surface area contributed by atoms with E-state index in [9.17, 15) is 22.4 Å². The Labute approximate surface area is 228 Å². The van der Waals surface area contributed by atoms with Crippen molar-refractivity contribution in [1.82, 2.24) is 10.2 Å². The van der Waals surface area contributed by atoms with Crippen LogP contribution >= 0.6 is 11.6 Å². The zero-order valence-electron chi connectivity index (χ0n) is 21.5. The lowest BCUT2D eigenvalue weighted by Gasteiger charge is -2.34. The third-order valence-corrected chi connectivity index (χ3v) is 7.11. The highest BCUT2D eigenvalue weighted by Gasteiger charge is 2.33. The quantitative estimate of drug-likeness (QED) is 0.377. The van der Waals surface area contributed by atoms with Crippen molar-refractivity contribution in [2.75, 3.05) is 17.1 Å². The fourth-order valence-electron chi connectivity index (χ4n) is 4.02. The van der Waals surface area contributed by atoms with Crippen LogP contribution in [0.25, 0.3) is 0 Å². The molecule has 3 rings (SSSR count). The minimum atomic E-state index is -4.05. The molecule has 0 heterocycles. The molecule has 38 heavy (non-hydrogen) atoms. The molecule has 202 valence electrons. The molecule has 0 saturated heterocycles. The fraction of sp³-hybridized carbons (Fsp3) is 0.286. The molecule has 0 spiro atoms. The van der Waals surface area contributed by atoms with Gasteiger partial charge in [-0.05, 0) is 49.2 Å². The number of carbonyl (C=O) groups is 2. The summed E-state index contributed by atoms with van der Waals surface area (Å²) in [6, 6.07) is 20.2. The molecule has 0 saturated carbocycles. The molecule has 0 aliphatic heterocycles. The van der Waals surface area contributed by atoms with Crippen LogP contribution in [0.1, 0.15) is 25.0 Å². The maximum atomic E-state index is 14.6. The Morgan fingerprint density at radius 2 is 1.58 bits per heavy atom. The van der Waals surface area contributed by atoms with Crippen LogP contribution in [0, 0.1) is 5.82 Å². The molecule has 0 aromatic heterocycles. The second kappa shape index (κ2) is 12.9. The van der Waals surface area contributed by atoms with Crippen LogP contribution in [0.4, 0.5) is 10.1 Å². The molecule has 3 aromatic carbocycles. The Morgan fingerprint density at radius 1 is 0.947 bits per heavy atom. The number of rotatable bonds is 11. The summed E-state index contributed by atoms with van der Waals surface area (Å²) in [5.74, 6) is -1.85. The highest BCUT2D eigenvalue weighted by Crippen LogP contribution is 2.23. The van der Waals surface area contributed by atoms with Gasteiger partial charge in [-0.3, -0.25) is 13.9 Å². The number of hydrogen-bond donors (Lipinski definition) is 1. The van der Waals surface area contributed by atoms with Gasteiger partial charge in [0.15, 0.2) is 0 Å². The van der Waals surface area contributed by atoms with Gasteiger partial charge in [-0.15, -0.1) is 0 Å². The van der Waals surface area contributed by atoms with Gasteiger partial charge in [0, 0.05) is 24.0 Å². The normalized spacial score (nSPS) is 12.2. The lowest BCUT2D eigenvalue weighted by molar-refractivity contribution is -0.140. The smallest absolute Gasteiger partial charge is 0.244 e. The number of nitrogens with one attached hydrogen (secondary N) is 1. The summed E-state index contributed by atoms with van der Waals surface area (Å²) in [6.07, 6.45) is 1.09. The van der Waals surface area contributed by atoms with E-state index in [2.05, 4.69) is 5.32 Å². The Morgan fingerprint density at radius 3 is 2.18 bits per heavy atom. The summed E-state index contributed by atoms with van der Waals surface area (Å²) in [7, 11) is -4.05. The van der Waals surface area contributed by atoms with Gasteiger partial charge in [-0.1, -0.05) is 66.2 Å². The number of benzene rings is 3. The molecule has 1 atom stereocenters. The van der Waals surface area contributed by atoms with E-state index < -0.39 is 40.2 Å². The van der Waals surface area contributed by atoms with Crippen molar-refractivity contribution in [2.24, 2.45) is 0 Å². The molecule has 2 amide bonds. The van der Waals surface area contributed by atoms with Gasteiger partial charge in [0.05, 0.1) is 11.9 Å². The Bertz CT molecular complexity index is 1370. The second-order valence-electron chi connectivity index (χ2n) is 9.24. The minimum absolute atomic E-state index is 0.0166. The van der Waals surface area contributed by atoms with E-state index in [4.69, 9.17) is 11.6 Å². The average Bonchev–Trinajstić information content (AvgIpc) is 2.84. The van der Waals surface area contributed by atoms with Gasteiger partial charge in [0.1, 0.15) is 18.4 Å². The number of carbonyl (C=O) groups excluding carboxylic acids is 2. The van der Waals surface area contributed by atoms with Crippen molar-refractivity contribution in [3.05, 3.63) is 101 Å². The van der Waals surface area contributed by atoms with E-state index in [0.29, 0.717) is 10.6 Å². The highest BCUT2D eigenvalue weighted by atomic mass is 35.5. The number of nitrogens with zero attached hydrogens (tertiary/aromatic N) is 2. The van der Waals surface area contributed by atoms with E-state index in [1.54, 1.807) is 24.3 Å². The predicted octanol–water partition coefficient (Wildman–Crippen LogP) is 4.41. The van der Waals surface area contributed by atoms with Crippen LogP contribution in [-0.4, -0.2) is 50.0 Å². The van der Waals surface area contributed by atoms with Crippen LogP contribution in [0.5, 0.6) is 0 Å². The van der Waals surface area contributed by atoms with Crippen LogP contribution < -0.4 is 9.62 Å². The lowest BCUT2D eigenvalue weighted by atomic mass is 10.0. The van der Waals surface area contributed by atoms with Gasteiger partial charge in [0.25, 0.3) is 0 Å². The standard InChI is InChI=1S/C28H31ClFN3O4S/c1-20(2)31-28(35)26(17-21-10-5-4-6-11-21)32(18-22-12-9-13-23(29)16-22)27(34)19-33(38(3,36)37)25-15-8-7-14-24(25)30/h4-16,20,26H,17-19H2,1-3H3,(H,31,35)/t26-/m1/s1. The van der Waals surface area contributed by atoms with E-state index in [0.717, 1.165) is 22.2 Å². The Kier molecular flexibility index (Phi) is 9.88. The molecule has 0 aliphatic carbocycles. The van der Waals surface area contributed by atoms with Gasteiger partial charge in [0.2, 0.25) is 21.8 Å². The van der Waals surface area contributed by atoms with Gasteiger partial charge in [-0.25, -0.2) is 12.8 Å². The third kappa shape index (κ3) is 8.03. The molecule has 0 radical (unpaired) electrons. The molecular formula is C28H31ClFN3O4S. The van der Waals surface area contributed by atoms with Crippen LogP contribution in [0.2, 0.25) is 5.02 Å². The Hall–Kier alpha value is -3.43. The summed E-state index contributed by atoms with van der Waals surface area (Å²) in [5.41, 5.74) is 1.21. The van der Waals surface area contributed by atoms with Crippen molar-refractivity contribution < 1.29 is 22.4 Å². The van der Waals surface area contributed by atoms with E-state index >= 15 is 0 Å². The average molecular weight is 560 g/mol. The predicted molar refractivity (Wildman–Crippen MR) is 148 cm³/mol. The highest BCUT2D eigenvalue weighted by molar-refractivity contribution is 7.92. The zero-order chi connectivity index (χ0) is 27.9. The largest absolute Gasteiger partial charge is 0.352 e. The molecule has 0 fully saturated rings. The zero-order valence-corrected chi connectivity index (χ0v) is 23.0.